The van der Waals surface area contributed by atoms with Crippen molar-refractivity contribution >= 4 is 0 Å². The molecule has 0 spiro atoms. The molecule has 0 amide bonds. The lowest BCUT2D eigenvalue weighted by molar-refractivity contribution is 0.395. The topological polar surface area (TPSA) is 34.1 Å². The molecule has 0 atom stereocenters. The fourth-order valence-corrected chi connectivity index (χ4v) is 2.86. The molecule has 1 aromatic heterocycles. The molecular weight excluding hydrogens is 224 g/mol. The molecule has 100 valence electrons. The monoisotopic (exact) mass is 248 g/mol. The molecule has 3 nitrogen and oxygen atoms in total. The van der Waals surface area contributed by atoms with Gasteiger partial charge < -0.3 is 10.1 Å². The lowest BCUT2D eigenvalue weighted by Crippen LogP contribution is -2.19. The first-order valence-corrected chi connectivity index (χ1v) is 6.60. The van der Waals surface area contributed by atoms with Crippen molar-refractivity contribution in [2.45, 2.75) is 34.2 Å². The third-order valence-electron chi connectivity index (χ3n) is 4.96. The molecule has 0 saturated heterocycles. The van der Waals surface area contributed by atoms with Crippen LogP contribution in [0, 0.1) is 16.7 Å². The molecule has 3 heteroatoms. The first-order valence-electron chi connectivity index (χ1n) is 6.60. The Morgan fingerprint density at radius 1 is 1.22 bits per heavy atom. The quantitative estimate of drug-likeness (QED) is 0.870. The summed E-state index contributed by atoms with van der Waals surface area (Å²) < 4.78 is 5.12. The Bertz CT molecular complexity index is 412. The van der Waals surface area contributed by atoms with Crippen LogP contribution in [0.25, 0.3) is 0 Å². The van der Waals surface area contributed by atoms with Crippen LogP contribution in [-0.2, 0) is 6.54 Å². The van der Waals surface area contributed by atoms with Gasteiger partial charge in [0.25, 0.3) is 0 Å². The van der Waals surface area contributed by atoms with Crippen molar-refractivity contribution in [3.63, 3.8) is 0 Å². The maximum Gasteiger partial charge on any atom is 0.213 e. The van der Waals surface area contributed by atoms with Crippen LogP contribution in [0.1, 0.15) is 33.4 Å². The van der Waals surface area contributed by atoms with Gasteiger partial charge in [0.1, 0.15) is 0 Å². The van der Waals surface area contributed by atoms with E-state index < -0.39 is 0 Å². The van der Waals surface area contributed by atoms with Crippen LogP contribution in [0.3, 0.4) is 0 Å². The minimum atomic E-state index is 0.446. The third kappa shape index (κ3) is 2.24. The van der Waals surface area contributed by atoms with Crippen LogP contribution in [0.15, 0.2) is 18.2 Å². The Morgan fingerprint density at radius 2 is 1.89 bits per heavy atom. The smallest absolute Gasteiger partial charge is 0.213 e. The Kier molecular flexibility index (Phi) is 3.37. The molecule has 2 rings (SSSR count). The van der Waals surface area contributed by atoms with E-state index in [1.54, 1.807) is 7.11 Å². The van der Waals surface area contributed by atoms with E-state index in [1.165, 1.54) is 0 Å². The zero-order valence-electron chi connectivity index (χ0n) is 12.1. The molecule has 0 aliphatic heterocycles. The van der Waals surface area contributed by atoms with E-state index in [1.807, 2.05) is 18.2 Å². The maximum absolute atomic E-state index is 5.12. The number of nitrogens with one attached hydrogen (secondary N) is 1. The van der Waals surface area contributed by atoms with E-state index in [2.05, 4.69) is 38.0 Å². The Hall–Kier alpha value is -1.09. The number of hydrogen-bond donors (Lipinski definition) is 1. The lowest BCUT2D eigenvalue weighted by Gasteiger charge is -2.06. The van der Waals surface area contributed by atoms with E-state index in [0.717, 1.165) is 24.7 Å². The number of nitrogens with zero attached hydrogens (tertiary/aromatic N) is 1. The molecule has 0 bridgehead atoms. The Labute approximate surface area is 110 Å². The van der Waals surface area contributed by atoms with Gasteiger partial charge in [0.2, 0.25) is 5.88 Å². The highest BCUT2D eigenvalue weighted by atomic mass is 16.5. The van der Waals surface area contributed by atoms with Crippen molar-refractivity contribution in [3.05, 3.63) is 23.9 Å². The summed E-state index contributed by atoms with van der Waals surface area (Å²) in [6.07, 6.45) is 0. The number of methoxy groups -OCH3 is 1. The minimum Gasteiger partial charge on any atom is -0.481 e. The summed E-state index contributed by atoms with van der Waals surface area (Å²) in [6.45, 7) is 11.3. The van der Waals surface area contributed by atoms with Crippen LogP contribution in [-0.4, -0.2) is 18.6 Å². The molecule has 1 aliphatic rings. The van der Waals surface area contributed by atoms with Gasteiger partial charge in [-0.05, 0) is 29.4 Å². The van der Waals surface area contributed by atoms with Crippen molar-refractivity contribution in [3.8, 4) is 5.88 Å². The van der Waals surface area contributed by atoms with E-state index in [4.69, 9.17) is 4.74 Å². The van der Waals surface area contributed by atoms with Gasteiger partial charge in [-0.2, -0.15) is 0 Å². The highest BCUT2D eigenvalue weighted by Crippen LogP contribution is 2.67. The summed E-state index contributed by atoms with van der Waals surface area (Å²) >= 11 is 0. The number of hydrogen-bond acceptors (Lipinski definition) is 3. The van der Waals surface area contributed by atoms with Crippen molar-refractivity contribution in [2.75, 3.05) is 13.7 Å². The lowest BCUT2D eigenvalue weighted by atomic mass is 10.0. The zero-order chi connectivity index (χ0) is 13.4. The number of rotatable bonds is 5. The molecule has 1 heterocycles. The van der Waals surface area contributed by atoms with Gasteiger partial charge in [0, 0.05) is 12.6 Å². The molecule has 0 radical (unpaired) electrons. The number of ether oxygens (including phenoxy) is 1. The second kappa shape index (κ2) is 4.54. The summed E-state index contributed by atoms with van der Waals surface area (Å²) in [5, 5.41) is 3.51. The van der Waals surface area contributed by atoms with Crippen molar-refractivity contribution in [2.24, 2.45) is 16.7 Å². The summed E-state index contributed by atoms with van der Waals surface area (Å²) in [7, 11) is 1.65. The van der Waals surface area contributed by atoms with Crippen LogP contribution >= 0.6 is 0 Å². The first kappa shape index (κ1) is 13.3. The summed E-state index contributed by atoms with van der Waals surface area (Å²) in [4.78, 5) is 4.40. The fourth-order valence-electron chi connectivity index (χ4n) is 2.86. The van der Waals surface area contributed by atoms with E-state index in [-0.39, 0.29) is 0 Å². The molecule has 1 saturated carbocycles. The SMILES string of the molecule is COc1cccc(CNCC2C(C)(C)C2(C)C)n1. The molecular formula is C15H24N2O. The van der Waals surface area contributed by atoms with Gasteiger partial charge in [0.05, 0.1) is 12.8 Å². The highest BCUT2D eigenvalue weighted by Gasteiger charge is 2.63. The maximum atomic E-state index is 5.12. The van der Waals surface area contributed by atoms with Crippen LogP contribution < -0.4 is 10.1 Å². The fraction of sp³-hybridized carbons (Fsp3) is 0.667. The van der Waals surface area contributed by atoms with E-state index in [9.17, 15) is 0 Å². The summed E-state index contributed by atoms with van der Waals surface area (Å²) in [5.74, 6) is 1.43. The molecule has 1 fully saturated rings. The molecule has 18 heavy (non-hydrogen) atoms. The zero-order valence-corrected chi connectivity index (χ0v) is 12.1. The van der Waals surface area contributed by atoms with Crippen molar-refractivity contribution in [1.29, 1.82) is 0 Å². The van der Waals surface area contributed by atoms with Gasteiger partial charge in [0.15, 0.2) is 0 Å². The summed E-state index contributed by atoms with van der Waals surface area (Å²) in [6, 6.07) is 5.88. The second-order valence-electron chi connectivity index (χ2n) is 6.30. The van der Waals surface area contributed by atoms with Crippen LogP contribution in [0.4, 0.5) is 0 Å². The number of aromatic nitrogens is 1. The standard InChI is InChI=1S/C15H24N2O/c1-14(2)12(15(14,3)4)10-16-9-11-7-6-8-13(17-11)18-5/h6-8,12,16H,9-10H2,1-5H3. The van der Waals surface area contributed by atoms with E-state index in [0.29, 0.717) is 16.7 Å². The Morgan fingerprint density at radius 3 is 2.44 bits per heavy atom. The predicted octanol–water partition coefficient (Wildman–Crippen LogP) is 2.86. The third-order valence-corrected chi connectivity index (χ3v) is 4.96. The average molecular weight is 248 g/mol. The van der Waals surface area contributed by atoms with Crippen LogP contribution in [0.2, 0.25) is 0 Å². The number of pyridine rings is 1. The second-order valence-corrected chi connectivity index (χ2v) is 6.30. The normalized spacial score (nSPS) is 20.7. The summed E-state index contributed by atoms with van der Waals surface area (Å²) in [5.41, 5.74) is 1.93. The first-order chi connectivity index (χ1) is 8.39. The largest absolute Gasteiger partial charge is 0.481 e. The average Bonchev–Trinajstić information content (AvgIpc) is 2.72. The highest BCUT2D eigenvalue weighted by molar-refractivity contribution is 5.16. The van der Waals surface area contributed by atoms with Crippen molar-refractivity contribution < 1.29 is 4.74 Å². The van der Waals surface area contributed by atoms with Gasteiger partial charge >= 0.3 is 0 Å². The minimum absolute atomic E-state index is 0.446. The van der Waals surface area contributed by atoms with Crippen LogP contribution in [0.5, 0.6) is 5.88 Å². The molecule has 0 aromatic carbocycles. The van der Waals surface area contributed by atoms with Crippen molar-refractivity contribution in [1.82, 2.24) is 10.3 Å². The molecule has 1 aromatic rings. The van der Waals surface area contributed by atoms with Gasteiger partial charge in [-0.25, -0.2) is 4.98 Å². The molecule has 0 unspecified atom stereocenters. The predicted molar refractivity (Wildman–Crippen MR) is 73.5 cm³/mol. The van der Waals surface area contributed by atoms with Gasteiger partial charge in [-0.3, -0.25) is 0 Å². The van der Waals surface area contributed by atoms with E-state index >= 15 is 0 Å². The van der Waals surface area contributed by atoms with Gasteiger partial charge in [-0.15, -0.1) is 0 Å². The van der Waals surface area contributed by atoms with Gasteiger partial charge in [-0.1, -0.05) is 33.8 Å². The Balaban J connectivity index is 1.83. The molecule has 1 aliphatic carbocycles. The molecule has 1 N–H and O–H groups in total.